The van der Waals surface area contributed by atoms with Crippen LogP contribution < -0.4 is 5.73 Å². The lowest BCUT2D eigenvalue weighted by Crippen LogP contribution is -2.62. The number of nitrogens with two attached hydrogens (primary N) is 1. The third-order valence-corrected chi connectivity index (χ3v) is 4.14. The number of nitrogens with zero attached hydrogens (tertiary/aromatic N) is 1. The highest BCUT2D eigenvalue weighted by molar-refractivity contribution is 9.10. The summed E-state index contributed by atoms with van der Waals surface area (Å²) in [6.45, 7) is 4.61. The number of amides is 2. The van der Waals surface area contributed by atoms with Crippen LogP contribution in [0.2, 0.25) is 0 Å². The van der Waals surface area contributed by atoms with Gasteiger partial charge in [-0.25, -0.2) is 0 Å². The molecule has 1 aromatic rings. The maximum Gasteiger partial charge on any atom is 0.254 e. The number of hydrogen-bond donors (Lipinski definition) is 1. The van der Waals surface area contributed by atoms with Gasteiger partial charge in [0.1, 0.15) is 0 Å². The highest BCUT2D eigenvalue weighted by Gasteiger charge is 2.46. The Morgan fingerprint density at radius 1 is 1.42 bits per heavy atom. The maximum absolute atomic E-state index is 12.4. The van der Waals surface area contributed by atoms with Crippen molar-refractivity contribution in [3.63, 3.8) is 0 Å². The number of hydrogen-bond acceptors (Lipinski definition) is 2. The van der Waals surface area contributed by atoms with Crippen LogP contribution in [0.5, 0.6) is 0 Å². The Morgan fingerprint density at radius 3 is 2.58 bits per heavy atom. The number of rotatable bonds is 3. The molecule has 1 aromatic carbocycles. The average Bonchev–Trinajstić information content (AvgIpc) is 2.33. The summed E-state index contributed by atoms with van der Waals surface area (Å²) in [5.74, 6) is -0.376. The summed E-state index contributed by atoms with van der Waals surface area (Å²) in [4.78, 5) is 25.4. The predicted molar refractivity (Wildman–Crippen MR) is 76.7 cm³/mol. The van der Waals surface area contributed by atoms with E-state index in [9.17, 15) is 9.59 Å². The van der Waals surface area contributed by atoms with Crippen molar-refractivity contribution in [3.8, 4) is 0 Å². The van der Waals surface area contributed by atoms with Gasteiger partial charge >= 0.3 is 0 Å². The minimum atomic E-state index is -0.575. The van der Waals surface area contributed by atoms with Crippen molar-refractivity contribution < 1.29 is 9.59 Å². The first kappa shape index (κ1) is 14.1. The molecule has 1 aliphatic rings. The van der Waals surface area contributed by atoms with Gasteiger partial charge in [-0.05, 0) is 31.0 Å². The minimum absolute atomic E-state index is 0.0307. The molecule has 0 aliphatic carbocycles. The van der Waals surface area contributed by atoms with E-state index in [1.807, 2.05) is 25.1 Å². The van der Waals surface area contributed by atoms with Gasteiger partial charge in [0.2, 0.25) is 5.91 Å². The second kappa shape index (κ2) is 4.96. The molecule has 1 fully saturated rings. The van der Waals surface area contributed by atoms with E-state index in [0.717, 1.165) is 16.5 Å². The van der Waals surface area contributed by atoms with Gasteiger partial charge in [0, 0.05) is 23.1 Å². The summed E-state index contributed by atoms with van der Waals surface area (Å²) >= 11 is 3.38. The molecule has 1 heterocycles. The Labute approximate surface area is 121 Å². The highest BCUT2D eigenvalue weighted by atomic mass is 79.9. The average molecular weight is 325 g/mol. The van der Waals surface area contributed by atoms with E-state index >= 15 is 0 Å². The first-order valence-electron chi connectivity index (χ1n) is 6.25. The van der Waals surface area contributed by atoms with Crippen molar-refractivity contribution in [3.05, 3.63) is 33.8 Å². The Hall–Kier alpha value is -1.36. The number of primary amides is 1. The Kier molecular flexibility index (Phi) is 3.67. The number of benzene rings is 1. The summed E-state index contributed by atoms with van der Waals surface area (Å²) in [6, 6.07) is 5.71. The quantitative estimate of drug-likeness (QED) is 0.923. The smallest absolute Gasteiger partial charge is 0.254 e. The van der Waals surface area contributed by atoms with Crippen LogP contribution in [-0.4, -0.2) is 29.8 Å². The normalized spacial score (nSPS) is 16.9. The van der Waals surface area contributed by atoms with Crippen LogP contribution in [0, 0.1) is 5.41 Å². The van der Waals surface area contributed by atoms with Crippen molar-refractivity contribution in [1.82, 2.24) is 4.90 Å². The standard InChI is InChI=1S/C14H17BrN2O2/c1-3-9-4-5-10(15)6-11(9)12(18)17-7-14(2,8-17)13(16)19/h4-6H,3,7-8H2,1-2H3,(H2,16,19). The van der Waals surface area contributed by atoms with Gasteiger partial charge in [-0.15, -0.1) is 0 Å². The molecule has 0 aromatic heterocycles. The van der Waals surface area contributed by atoms with Crippen LogP contribution in [0.1, 0.15) is 29.8 Å². The summed E-state index contributed by atoms with van der Waals surface area (Å²) < 4.78 is 0.881. The van der Waals surface area contributed by atoms with Crippen molar-refractivity contribution in [2.75, 3.05) is 13.1 Å². The first-order valence-corrected chi connectivity index (χ1v) is 7.04. The van der Waals surface area contributed by atoms with E-state index < -0.39 is 5.41 Å². The molecular formula is C14H17BrN2O2. The molecule has 2 amide bonds. The SMILES string of the molecule is CCc1ccc(Br)cc1C(=O)N1CC(C)(C(N)=O)C1. The molecule has 1 aliphatic heterocycles. The summed E-state index contributed by atoms with van der Waals surface area (Å²) in [5, 5.41) is 0. The summed E-state index contributed by atoms with van der Waals surface area (Å²) in [5.41, 5.74) is 6.47. The highest BCUT2D eigenvalue weighted by Crippen LogP contribution is 2.31. The van der Waals surface area contributed by atoms with Gasteiger partial charge in [-0.3, -0.25) is 9.59 Å². The van der Waals surface area contributed by atoms with Crippen molar-refractivity contribution in [2.24, 2.45) is 11.1 Å². The molecule has 1 saturated heterocycles. The van der Waals surface area contributed by atoms with Gasteiger partial charge in [0.05, 0.1) is 5.41 Å². The molecule has 0 radical (unpaired) electrons. The van der Waals surface area contributed by atoms with Gasteiger partial charge in [-0.2, -0.15) is 0 Å². The number of likely N-dealkylation sites (tertiary alicyclic amines) is 1. The Balaban J connectivity index is 2.19. The molecule has 0 saturated carbocycles. The number of halogens is 1. The Bertz CT molecular complexity index is 536. The van der Waals surface area contributed by atoms with E-state index in [-0.39, 0.29) is 11.8 Å². The monoisotopic (exact) mass is 324 g/mol. The van der Waals surface area contributed by atoms with Crippen LogP contribution >= 0.6 is 15.9 Å². The fourth-order valence-corrected chi connectivity index (χ4v) is 2.68. The topological polar surface area (TPSA) is 63.4 Å². The van der Waals surface area contributed by atoms with Crippen molar-refractivity contribution in [1.29, 1.82) is 0 Å². The zero-order valence-corrected chi connectivity index (χ0v) is 12.7. The lowest BCUT2D eigenvalue weighted by atomic mass is 9.80. The fourth-order valence-electron chi connectivity index (χ4n) is 2.32. The second-order valence-electron chi connectivity index (χ2n) is 5.24. The lowest BCUT2D eigenvalue weighted by molar-refractivity contribution is -0.134. The molecule has 4 nitrogen and oxygen atoms in total. The van der Waals surface area contributed by atoms with E-state index in [1.54, 1.807) is 11.8 Å². The predicted octanol–water partition coefficient (Wildman–Crippen LogP) is 1.96. The molecule has 0 bridgehead atoms. The van der Waals surface area contributed by atoms with E-state index in [0.29, 0.717) is 18.7 Å². The van der Waals surface area contributed by atoms with Gasteiger partial charge in [0.25, 0.3) is 5.91 Å². The van der Waals surface area contributed by atoms with Gasteiger partial charge < -0.3 is 10.6 Å². The molecular weight excluding hydrogens is 308 g/mol. The first-order chi connectivity index (χ1) is 8.87. The molecule has 2 N–H and O–H groups in total. The van der Waals surface area contributed by atoms with Crippen LogP contribution in [0.3, 0.4) is 0 Å². The number of aryl methyl sites for hydroxylation is 1. The minimum Gasteiger partial charge on any atom is -0.369 e. The molecule has 5 heteroatoms. The molecule has 0 atom stereocenters. The van der Waals surface area contributed by atoms with E-state index in [2.05, 4.69) is 15.9 Å². The zero-order valence-electron chi connectivity index (χ0n) is 11.1. The second-order valence-corrected chi connectivity index (χ2v) is 6.16. The van der Waals surface area contributed by atoms with Gasteiger partial charge in [0.15, 0.2) is 0 Å². The summed E-state index contributed by atoms with van der Waals surface area (Å²) in [7, 11) is 0. The lowest BCUT2D eigenvalue weighted by Gasteiger charge is -2.45. The molecule has 2 rings (SSSR count). The third kappa shape index (κ3) is 2.52. The van der Waals surface area contributed by atoms with E-state index in [1.165, 1.54) is 0 Å². The van der Waals surface area contributed by atoms with Crippen molar-refractivity contribution in [2.45, 2.75) is 20.3 Å². The number of carbonyl (C=O) groups is 2. The fraction of sp³-hybridized carbons (Fsp3) is 0.429. The van der Waals surface area contributed by atoms with Crippen molar-refractivity contribution >= 4 is 27.7 Å². The maximum atomic E-state index is 12.4. The van der Waals surface area contributed by atoms with Crippen LogP contribution in [-0.2, 0) is 11.2 Å². The molecule has 102 valence electrons. The molecule has 19 heavy (non-hydrogen) atoms. The molecule has 0 unspecified atom stereocenters. The van der Waals surface area contributed by atoms with Gasteiger partial charge in [-0.1, -0.05) is 28.9 Å². The Morgan fingerprint density at radius 2 is 2.05 bits per heavy atom. The molecule has 0 spiro atoms. The summed E-state index contributed by atoms with van der Waals surface area (Å²) in [6.07, 6.45) is 0.801. The van der Waals surface area contributed by atoms with Crippen LogP contribution in [0.4, 0.5) is 0 Å². The number of carbonyl (C=O) groups excluding carboxylic acids is 2. The third-order valence-electron chi connectivity index (χ3n) is 3.64. The van der Waals surface area contributed by atoms with E-state index in [4.69, 9.17) is 5.73 Å². The van der Waals surface area contributed by atoms with Crippen LogP contribution in [0.25, 0.3) is 0 Å². The largest absolute Gasteiger partial charge is 0.369 e. The zero-order chi connectivity index (χ0) is 14.2. The van der Waals surface area contributed by atoms with Crippen LogP contribution in [0.15, 0.2) is 22.7 Å².